The zero-order valence-corrected chi connectivity index (χ0v) is 17.8. The van der Waals surface area contributed by atoms with Crippen molar-refractivity contribution in [3.8, 4) is 17.1 Å². The lowest BCUT2D eigenvalue weighted by atomic mass is 10.2. The molecule has 0 atom stereocenters. The third-order valence-electron chi connectivity index (χ3n) is 4.42. The molecular weight excluding hydrogens is 378 g/mol. The van der Waals surface area contributed by atoms with Gasteiger partial charge in [0.25, 0.3) is 0 Å². The molecular formula is C19H27N5O3S. The first-order valence-electron chi connectivity index (χ1n) is 9.10. The Balaban J connectivity index is 2.01. The molecule has 8 nitrogen and oxygen atoms in total. The number of hydrogen-bond donors (Lipinski definition) is 0. The maximum absolute atomic E-state index is 12.4. The minimum absolute atomic E-state index is 0.0528. The van der Waals surface area contributed by atoms with Gasteiger partial charge in [-0.1, -0.05) is 23.9 Å². The fourth-order valence-electron chi connectivity index (χ4n) is 2.71. The average Bonchev–Trinajstić information content (AvgIpc) is 3.07. The number of amides is 2. The number of para-hydroxylation sites is 1. The molecule has 152 valence electrons. The molecule has 0 saturated carbocycles. The highest BCUT2D eigenvalue weighted by atomic mass is 32.2. The molecule has 9 heteroatoms. The van der Waals surface area contributed by atoms with Gasteiger partial charge >= 0.3 is 0 Å². The summed E-state index contributed by atoms with van der Waals surface area (Å²) in [6.45, 7) is 5.19. The Bertz CT molecular complexity index is 820. The first-order chi connectivity index (χ1) is 13.4. The van der Waals surface area contributed by atoms with E-state index in [1.165, 1.54) is 16.7 Å². The summed E-state index contributed by atoms with van der Waals surface area (Å²) < 4.78 is 7.21. The zero-order valence-electron chi connectivity index (χ0n) is 17.0. The summed E-state index contributed by atoms with van der Waals surface area (Å²) in [5, 5.41) is 9.05. The highest BCUT2D eigenvalue weighted by Crippen LogP contribution is 2.29. The number of ether oxygens (including phenoxy) is 1. The lowest BCUT2D eigenvalue weighted by molar-refractivity contribution is -0.137. The van der Waals surface area contributed by atoms with E-state index in [2.05, 4.69) is 10.2 Å². The molecule has 0 saturated heterocycles. The molecule has 2 amide bonds. The van der Waals surface area contributed by atoms with Crippen molar-refractivity contribution in [1.82, 2.24) is 24.6 Å². The second kappa shape index (κ2) is 10.1. The molecule has 0 bridgehead atoms. The van der Waals surface area contributed by atoms with Crippen LogP contribution in [0.4, 0.5) is 0 Å². The van der Waals surface area contributed by atoms with Gasteiger partial charge in [-0.25, -0.2) is 0 Å². The number of methoxy groups -OCH3 is 1. The van der Waals surface area contributed by atoms with Crippen LogP contribution in [0.2, 0.25) is 0 Å². The Kier molecular flexibility index (Phi) is 7.86. The van der Waals surface area contributed by atoms with E-state index in [0.717, 1.165) is 5.56 Å². The lowest BCUT2D eigenvalue weighted by Crippen LogP contribution is -2.41. The quantitative estimate of drug-likeness (QED) is 0.593. The molecule has 0 aliphatic heterocycles. The van der Waals surface area contributed by atoms with Crippen molar-refractivity contribution in [2.75, 3.05) is 39.5 Å². The predicted octanol–water partition coefficient (Wildman–Crippen LogP) is 1.91. The third-order valence-corrected chi connectivity index (χ3v) is 5.43. The molecule has 2 rings (SSSR count). The van der Waals surface area contributed by atoms with Crippen LogP contribution in [0.1, 0.15) is 13.8 Å². The summed E-state index contributed by atoms with van der Waals surface area (Å²) in [6.07, 6.45) is 0. The summed E-state index contributed by atoms with van der Waals surface area (Å²) >= 11 is 1.29. The van der Waals surface area contributed by atoms with Crippen LogP contribution in [0.5, 0.6) is 5.75 Å². The van der Waals surface area contributed by atoms with Crippen molar-refractivity contribution in [2.45, 2.75) is 19.0 Å². The second-order valence-corrected chi connectivity index (χ2v) is 7.11. The van der Waals surface area contributed by atoms with Crippen LogP contribution >= 0.6 is 11.8 Å². The summed E-state index contributed by atoms with van der Waals surface area (Å²) in [5.74, 6) is 1.37. The summed E-state index contributed by atoms with van der Waals surface area (Å²) in [6, 6.07) is 7.57. The van der Waals surface area contributed by atoms with Gasteiger partial charge < -0.3 is 19.1 Å². The monoisotopic (exact) mass is 405 g/mol. The number of likely N-dealkylation sites (N-methyl/N-ethyl adjacent to an activating group) is 2. The van der Waals surface area contributed by atoms with Gasteiger partial charge in [0.05, 0.1) is 25.0 Å². The van der Waals surface area contributed by atoms with Crippen molar-refractivity contribution < 1.29 is 14.3 Å². The predicted molar refractivity (Wildman–Crippen MR) is 109 cm³/mol. The second-order valence-electron chi connectivity index (χ2n) is 6.17. The van der Waals surface area contributed by atoms with Crippen molar-refractivity contribution in [3.63, 3.8) is 0 Å². The minimum Gasteiger partial charge on any atom is -0.496 e. The first-order valence-corrected chi connectivity index (χ1v) is 10.1. The maximum atomic E-state index is 12.4. The van der Waals surface area contributed by atoms with Gasteiger partial charge in [-0.2, -0.15) is 0 Å². The van der Waals surface area contributed by atoms with E-state index in [1.807, 2.05) is 49.7 Å². The molecule has 1 heterocycles. The van der Waals surface area contributed by atoms with Crippen LogP contribution in [0.15, 0.2) is 29.4 Å². The number of nitrogens with zero attached hydrogens (tertiary/aromatic N) is 5. The molecule has 2 aromatic rings. The van der Waals surface area contributed by atoms with Crippen molar-refractivity contribution in [3.05, 3.63) is 24.3 Å². The Labute approximate surface area is 169 Å². The molecule has 1 aromatic carbocycles. The van der Waals surface area contributed by atoms with E-state index >= 15 is 0 Å². The fraction of sp³-hybridized carbons (Fsp3) is 0.474. The van der Waals surface area contributed by atoms with Gasteiger partial charge in [0.1, 0.15) is 5.75 Å². The largest absolute Gasteiger partial charge is 0.496 e. The molecule has 0 unspecified atom stereocenters. The zero-order chi connectivity index (χ0) is 20.7. The molecule has 0 spiro atoms. The topological polar surface area (TPSA) is 80.6 Å². The van der Waals surface area contributed by atoms with Crippen LogP contribution in [0.25, 0.3) is 11.4 Å². The van der Waals surface area contributed by atoms with E-state index in [4.69, 9.17) is 4.74 Å². The Hall–Kier alpha value is -2.55. The Morgan fingerprint density at radius 3 is 2.46 bits per heavy atom. The Morgan fingerprint density at radius 2 is 1.82 bits per heavy atom. The van der Waals surface area contributed by atoms with Crippen LogP contribution in [0, 0.1) is 0 Å². The normalized spacial score (nSPS) is 10.6. The third kappa shape index (κ3) is 5.03. The maximum Gasteiger partial charge on any atom is 0.242 e. The molecule has 0 aliphatic rings. The molecule has 0 radical (unpaired) electrons. The smallest absolute Gasteiger partial charge is 0.242 e. The molecule has 0 N–H and O–H groups in total. The summed E-state index contributed by atoms with van der Waals surface area (Å²) in [5.41, 5.74) is 0.833. The van der Waals surface area contributed by atoms with Crippen molar-refractivity contribution >= 4 is 23.6 Å². The highest BCUT2D eigenvalue weighted by molar-refractivity contribution is 7.99. The van der Waals surface area contributed by atoms with Gasteiger partial charge in [0, 0.05) is 27.2 Å². The average molecular weight is 406 g/mol. The van der Waals surface area contributed by atoms with Crippen LogP contribution in [-0.2, 0) is 16.6 Å². The van der Waals surface area contributed by atoms with Gasteiger partial charge in [-0.15, -0.1) is 10.2 Å². The summed E-state index contributed by atoms with van der Waals surface area (Å²) in [7, 11) is 5.10. The van der Waals surface area contributed by atoms with Crippen LogP contribution < -0.4 is 4.74 Å². The van der Waals surface area contributed by atoms with E-state index in [9.17, 15) is 9.59 Å². The number of carbonyl (C=O) groups is 2. The van der Waals surface area contributed by atoms with Crippen LogP contribution in [0.3, 0.4) is 0 Å². The molecule has 0 aliphatic carbocycles. The standard InChI is InChI=1S/C19H27N5O3S/c1-6-24(7-2)16(25)12-22(3)17(26)13-28-19-21-20-18(23(19)4)14-10-8-9-11-15(14)27-5/h8-11H,6-7,12-13H2,1-5H3. The fourth-order valence-corrected chi connectivity index (χ4v) is 3.56. The number of rotatable bonds is 9. The minimum atomic E-state index is -0.132. The highest BCUT2D eigenvalue weighted by Gasteiger charge is 2.19. The first kappa shape index (κ1) is 21.7. The van der Waals surface area contributed by atoms with E-state index in [-0.39, 0.29) is 24.1 Å². The molecule has 0 fully saturated rings. The summed E-state index contributed by atoms with van der Waals surface area (Å²) in [4.78, 5) is 27.7. The number of benzene rings is 1. The SMILES string of the molecule is CCN(CC)C(=O)CN(C)C(=O)CSc1nnc(-c2ccccc2OC)n1C. The number of thioether (sulfide) groups is 1. The van der Waals surface area contributed by atoms with E-state index in [0.29, 0.717) is 29.8 Å². The molecule has 1 aromatic heterocycles. The Morgan fingerprint density at radius 1 is 1.14 bits per heavy atom. The van der Waals surface area contributed by atoms with Gasteiger partial charge in [-0.3, -0.25) is 9.59 Å². The van der Waals surface area contributed by atoms with Gasteiger partial charge in [0.2, 0.25) is 11.8 Å². The lowest BCUT2D eigenvalue weighted by Gasteiger charge is -2.23. The van der Waals surface area contributed by atoms with E-state index in [1.54, 1.807) is 19.1 Å². The van der Waals surface area contributed by atoms with Crippen molar-refractivity contribution in [2.24, 2.45) is 7.05 Å². The number of carbonyl (C=O) groups excluding carboxylic acids is 2. The number of aromatic nitrogens is 3. The van der Waals surface area contributed by atoms with Crippen LogP contribution in [-0.4, -0.2) is 75.9 Å². The van der Waals surface area contributed by atoms with E-state index < -0.39 is 0 Å². The number of hydrogen-bond acceptors (Lipinski definition) is 6. The van der Waals surface area contributed by atoms with Gasteiger partial charge in [0.15, 0.2) is 11.0 Å². The van der Waals surface area contributed by atoms with Crippen molar-refractivity contribution in [1.29, 1.82) is 0 Å². The van der Waals surface area contributed by atoms with Gasteiger partial charge in [-0.05, 0) is 26.0 Å². The molecule has 28 heavy (non-hydrogen) atoms.